The van der Waals surface area contributed by atoms with Crippen molar-refractivity contribution in [1.29, 1.82) is 0 Å². The van der Waals surface area contributed by atoms with Crippen molar-refractivity contribution in [1.82, 2.24) is 20.1 Å². The summed E-state index contributed by atoms with van der Waals surface area (Å²) in [6.45, 7) is 0.884. The Labute approximate surface area is 144 Å². The Morgan fingerprint density at radius 3 is 3.00 bits per heavy atom. The minimum Gasteiger partial charge on any atom is -0.377 e. The lowest BCUT2D eigenvalue weighted by Crippen LogP contribution is -2.40. The highest BCUT2D eigenvalue weighted by atomic mass is 19.1. The van der Waals surface area contributed by atoms with Gasteiger partial charge in [-0.3, -0.25) is 9.89 Å². The number of benzene rings is 1. The largest absolute Gasteiger partial charge is 0.377 e. The molecule has 1 aliphatic rings. The number of piperidine rings is 1. The lowest BCUT2D eigenvalue weighted by atomic mass is 10.00. The first-order valence-corrected chi connectivity index (χ1v) is 8.22. The van der Waals surface area contributed by atoms with Gasteiger partial charge in [-0.15, -0.1) is 0 Å². The van der Waals surface area contributed by atoms with E-state index in [0.717, 1.165) is 31.4 Å². The third-order valence-corrected chi connectivity index (χ3v) is 4.31. The molecule has 1 fully saturated rings. The van der Waals surface area contributed by atoms with E-state index in [4.69, 9.17) is 4.74 Å². The van der Waals surface area contributed by atoms with E-state index in [9.17, 15) is 13.6 Å². The first-order valence-electron chi connectivity index (χ1n) is 8.22. The minimum absolute atomic E-state index is 0.113. The molecule has 0 bridgehead atoms. The van der Waals surface area contributed by atoms with Gasteiger partial charge in [-0.1, -0.05) is 6.07 Å². The van der Waals surface area contributed by atoms with Gasteiger partial charge in [-0.25, -0.2) is 13.8 Å². The maximum Gasteiger partial charge on any atom is 0.227 e. The number of aromatic nitrogens is 3. The number of hydrogen-bond donors (Lipinski definition) is 1. The highest BCUT2D eigenvalue weighted by Gasteiger charge is 2.31. The summed E-state index contributed by atoms with van der Waals surface area (Å²) in [6.07, 6.45) is 2.48. The second-order valence-corrected chi connectivity index (χ2v) is 6.08. The molecule has 0 unspecified atom stereocenters. The van der Waals surface area contributed by atoms with Gasteiger partial charge in [0.05, 0.1) is 12.5 Å². The predicted octanol–water partition coefficient (Wildman–Crippen LogP) is 2.53. The second kappa shape index (κ2) is 7.69. The maximum absolute atomic E-state index is 13.8. The Morgan fingerprint density at radius 2 is 2.24 bits per heavy atom. The molecular weight excluding hydrogens is 330 g/mol. The number of amides is 1. The Balaban J connectivity index is 1.76. The number of rotatable bonds is 5. The molecule has 1 saturated heterocycles. The average molecular weight is 350 g/mol. The van der Waals surface area contributed by atoms with Crippen molar-refractivity contribution in [2.75, 3.05) is 13.7 Å². The molecule has 8 heteroatoms. The van der Waals surface area contributed by atoms with Crippen molar-refractivity contribution in [3.8, 4) is 0 Å². The number of halogens is 2. The van der Waals surface area contributed by atoms with E-state index in [1.165, 1.54) is 6.07 Å². The molecule has 1 atom stereocenters. The lowest BCUT2D eigenvalue weighted by molar-refractivity contribution is -0.134. The van der Waals surface area contributed by atoms with Crippen LogP contribution in [-0.2, 0) is 22.6 Å². The molecule has 2 aromatic rings. The fourth-order valence-corrected chi connectivity index (χ4v) is 3.09. The summed E-state index contributed by atoms with van der Waals surface area (Å²) in [7, 11) is 1.57. The Kier molecular flexibility index (Phi) is 5.37. The highest BCUT2D eigenvalue weighted by molar-refractivity contribution is 5.79. The summed E-state index contributed by atoms with van der Waals surface area (Å²) in [5, 5.41) is 7.00. The Hall–Kier alpha value is -2.35. The zero-order chi connectivity index (χ0) is 17.8. The number of carbonyl (C=O) groups is 1. The minimum atomic E-state index is -0.706. The van der Waals surface area contributed by atoms with Gasteiger partial charge in [-0.05, 0) is 30.9 Å². The molecule has 3 rings (SSSR count). The summed E-state index contributed by atoms with van der Waals surface area (Å²) in [6, 6.07) is 3.02. The zero-order valence-electron chi connectivity index (χ0n) is 14.0. The van der Waals surface area contributed by atoms with E-state index in [2.05, 4.69) is 15.2 Å². The third-order valence-electron chi connectivity index (χ3n) is 4.31. The Bertz CT molecular complexity index is 750. The quantitative estimate of drug-likeness (QED) is 0.899. The first-order chi connectivity index (χ1) is 12.1. The molecule has 2 heterocycles. The SMILES string of the molecule is COCc1nc([C@@H]2CCCCN2C(=O)Cc2ccc(F)cc2F)n[nH]1. The molecule has 25 heavy (non-hydrogen) atoms. The van der Waals surface area contributed by atoms with Gasteiger partial charge in [0.2, 0.25) is 5.91 Å². The van der Waals surface area contributed by atoms with Gasteiger partial charge in [0, 0.05) is 19.7 Å². The van der Waals surface area contributed by atoms with Crippen molar-refractivity contribution in [3.63, 3.8) is 0 Å². The predicted molar refractivity (Wildman–Crippen MR) is 85.5 cm³/mol. The fourth-order valence-electron chi connectivity index (χ4n) is 3.09. The van der Waals surface area contributed by atoms with Crippen molar-refractivity contribution in [3.05, 3.63) is 47.0 Å². The molecule has 1 amide bonds. The van der Waals surface area contributed by atoms with Crippen molar-refractivity contribution >= 4 is 5.91 Å². The smallest absolute Gasteiger partial charge is 0.227 e. The molecule has 134 valence electrons. The second-order valence-electron chi connectivity index (χ2n) is 6.08. The Morgan fingerprint density at radius 1 is 1.40 bits per heavy atom. The lowest BCUT2D eigenvalue weighted by Gasteiger charge is -2.34. The van der Waals surface area contributed by atoms with E-state index in [1.807, 2.05) is 0 Å². The van der Waals surface area contributed by atoms with Gasteiger partial charge in [0.25, 0.3) is 0 Å². The first kappa shape index (κ1) is 17.5. The molecule has 0 aliphatic carbocycles. The summed E-state index contributed by atoms with van der Waals surface area (Å²) >= 11 is 0. The van der Waals surface area contributed by atoms with Gasteiger partial charge >= 0.3 is 0 Å². The molecule has 0 spiro atoms. The molecule has 0 radical (unpaired) electrons. The van der Waals surface area contributed by atoms with Crippen LogP contribution in [0.25, 0.3) is 0 Å². The molecule has 1 N–H and O–H groups in total. The highest BCUT2D eigenvalue weighted by Crippen LogP contribution is 2.29. The number of hydrogen-bond acceptors (Lipinski definition) is 4. The number of carbonyl (C=O) groups excluding carboxylic acids is 1. The van der Waals surface area contributed by atoms with Crippen LogP contribution in [0, 0.1) is 11.6 Å². The number of likely N-dealkylation sites (tertiary alicyclic amines) is 1. The summed E-state index contributed by atoms with van der Waals surface area (Å²) in [4.78, 5) is 18.8. The molecule has 1 aliphatic heterocycles. The number of nitrogens with zero attached hydrogens (tertiary/aromatic N) is 3. The van der Waals surface area contributed by atoms with Crippen LogP contribution in [0.4, 0.5) is 8.78 Å². The summed E-state index contributed by atoms with van der Waals surface area (Å²) in [5.74, 6) is -0.439. The van der Waals surface area contributed by atoms with Crippen molar-refractivity contribution in [2.24, 2.45) is 0 Å². The molecule has 6 nitrogen and oxygen atoms in total. The number of nitrogens with one attached hydrogen (secondary N) is 1. The number of aromatic amines is 1. The molecular formula is C17H20F2N4O2. The average Bonchev–Trinajstić information content (AvgIpc) is 3.06. The van der Waals surface area contributed by atoms with Crippen molar-refractivity contribution in [2.45, 2.75) is 38.3 Å². The van der Waals surface area contributed by atoms with E-state index >= 15 is 0 Å². The van der Waals surface area contributed by atoms with Gasteiger partial charge in [0.1, 0.15) is 18.2 Å². The van der Waals surface area contributed by atoms with Crippen LogP contribution in [0.15, 0.2) is 18.2 Å². The van der Waals surface area contributed by atoms with Crippen LogP contribution in [0.1, 0.15) is 42.5 Å². The summed E-state index contributed by atoms with van der Waals surface area (Å²) < 4.78 is 31.9. The van der Waals surface area contributed by atoms with Gasteiger partial charge in [-0.2, -0.15) is 5.10 Å². The van der Waals surface area contributed by atoms with E-state index in [-0.39, 0.29) is 23.9 Å². The van der Waals surface area contributed by atoms with Crippen LogP contribution >= 0.6 is 0 Å². The maximum atomic E-state index is 13.8. The van der Waals surface area contributed by atoms with Crippen LogP contribution in [0.2, 0.25) is 0 Å². The zero-order valence-corrected chi connectivity index (χ0v) is 14.0. The summed E-state index contributed by atoms with van der Waals surface area (Å²) in [5.41, 5.74) is 0.186. The topological polar surface area (TPSA) is 71.1 Å². The normalized spacial score (nSPS) is 17.7. The van der Waals surface area contributed by atoms with E-state index in [0.29, 0.717) is 24.8 Å². The van der Waals surface area contributed by atoms with Crippen LogP contribution in [0.5, 0.6) is 0 Å². The van der Waals surface area contributed by atoms with Gasteiger partial charge < -0.3 is 9.64 Å². The number of ether oxygens (including phenoxy) is 1. The van der Waals surface area contributed by atoms with Crippen molar-refractivity contribution < 1.29 is 18.3 Å². The molecule has 1 aromatic carbocycles. The standard InChI is InChI=1S/C17H20F2N4O2/c1-25-10-15-20-17(22-21-15)14-4-2-3-7-23(14)16(24)8-11-5-6-12(18)9-13(11)19/h5-6,9,14H,2-4,7-8,10H2,1H3,(H,20,21,22)/t14-/m0/s1. The van der Waals surface area contributed by atoms with E-state index in [1.54, 1.807) is 12.0 Å². The van der Waals surface area contributed by atoms with Gasteiger partial charge in [0.15, 0.2) is 11.6 Å². The van der Waals surface area contributed by atoms with Crippen LogP contribution in [-0.4, -0.2) is 39.6 Å². The fraction of sp³-hybridized carbons (Fsp3) is 0.471. The number of methoxy groups -OCH3 is 1. The number of H-pyrrole nitrogens is 1. The monoisotopic (exact) mass is 350 g/mol. The van der Waals surface area contributed by atoms with Crippen LogP contribution in [0.3, 0.4) is 0 Å². The molecule has 1 aromatic heterocycles. The molecule has 0 saturated carbocycles. The van der Waals surface area contributed by atoms with Crippen LogP contribution < -0.4 is 0 Å². The van der Waals surface area contributed by atoms with E-state index < -0.39 is 11.6 Å². The third kappa shape index (κ3) is 4.01.